The van der Waals surface area contributed by atoms with Crippen LogP contribution in [0.25, 0.3) is 11.1 Å². The summed E-state index contributed by atoms with van der Waals surface area (Å²) in [5.41, 5.74) is 9.61. The third-order valence-corrected chi connectivity index (χ3v) is 3.45. The second kappa shape index (κ2) is 4.17. The monoisotopic (exact) mass is 217 g/mol. The van der Waals surface area contributed by atoms with E-state index in [1.807, 2.05) is 6.92 Å². The summed E-state index contributed by atoms with van der Waals surface area (Å²) in [5.74, 6) is 0. The van der Waals surface area contributed by atoms with Gasteiger partial charge in [0.2, 0.25) is 0 Å². The maximum atomic E-state index is 5.81. The van der Waals surface area contributed by atoms with E-state index >= 15 is 0 Å². The zero-order chi connectivity index (χ0) is 10.8. The average Bonchev–Trinajstić information content (AvgIpc) is 2.65. The number of hydrogen-bond donors (Lipinski definition) is 1. The Hall–Kier alpha value is -1.12. The molecule has 0 saturated carbocycles. The van der Waals surface area contributed by atoms with Crippen molar-refractivity contribution in [2.75, 3.05) is 0 Å². The molecular weight excluding hydrogens is 202 g/mol. The lowest BCUT2D eigenvalue weighted by molar-refractivity contribution is 0.818. The van der Waals surface area contributed by atoms with Crippen molar-refractivity contribution in [3.63, 3.8) is 0 Å². The van der Waals surface area contributed by atoms with Gasteiger partial charge in [0.05, 0.1) is 0 Å². The highest BCUT2D eigenvalue weighted by Crippen LogP contribution is 2.28. The van der Waals surface area contributed by atoms with Crippen LogP contribution < -0.4 is 5.73 Å². The van der Waals surface area contributed by atoms with E-state index < -0.39 is 0 Å². The molecule has 2 rings (SSSR count). The van der Waals surface area contributed by atoms with Crippen LogP contribution in [-0.4, -0.2) is 0 Å². The van der Waals surface area contributed by atoms with E-state index in [0.717, 1.165) is 0 Å². The van der Waals surface area contributed by atoms with Crippen LogP contribution in [0, 0.1) is 6.92 Å². The minimum atomic E-state index is 0.114. The van der Waals surface area contributed by atoms with Crippen LogP contribution in [0.3, 0.4) is 0 Å². The Labute approximate surface area is 94.6 Å². The van der Waals surface area contributed by atoms with E-state index in [-0.39, 0.29) is 6.04 Å². The highest BCUT2D eigenvalue weighted by Gasteiger charge is 2.03. The molecular formula is C13H15NS. The standard InChI is InChI=1S/C13H15NS/c1-9(14)11-3-5-12(6-4-11)13-7-8-15-10(13)2/h3-9H,14H2,1-2H3. The normalized spacial score (nSPS) is 12.7. The lowest BCUT2D eigenvalue weighted by Crippen LogP contribution is -2.04. The lowest BCUT2D eigenvalue weighted by atomic mass is 10.0. The molecule has 2 aromatic rings. The number of nitrogens with two attached hydrogens (primary N) is 1. The van der Waals surface area contributed by atoms with Crippen molar-refractivity contribution in [2.24, 2.45) is 5.73 Å². The first kappa shape index (κ1) is 10.4. The van der Waals surface area contributed by atoms with Crippen LogP contribution in [0.2, 0.25) is 0 Å². The molecule has 15 heavy (non-hydrogen) atoms. The molecule has 78 valence electrons. The predicted molar refractivity (Wildman–Crippen MR) is 67.1 cm³/mol. The number of aryl methyl sites for hydroxylation is 1. The lowest BCUT2D eigenvalue weighted by Gasteiger charge is -2.06. The molecule has 1 heterocycles. The average molecular weight is 217 g/mol. The molecule has 1 atom stereocenters. The third-order valence-electron chi connectivity index (χ3n) is 2.61. The quantitative estimate of drug-likeness (QED) is 0.814. The van der Waals surface area contributed by atoms with Gasteiger partial charge < -0.3 is 5.73 Å². The maximum absolute atomic E-state index is 5.81. The predicted octanol–water partition coefficient (Wildman–Crippen LogP) is 3.74. The van der Waals surface area contributed by atoms with Crippen molar-refractivity contribution >= 4 is 11.3 Å². The fourth-order valence-corrected chi connectivity index (χ4v) is 2.37. The summed E-state index contributed by atoms with van der Waals surface area (Å²) in [6.07, 6.45) is 0. The number of hydrogen-bond acceptors (Lipinski definition) is 2. The van der Waals surface area contributed by atoms with Gasteiger partial charge in [-0.2, -0.15) is 0 Å². The van der Waals surface area contributed by atoms with E-state index in [1.54, 1.807) is 11.3 Å². The molecule has 0 aliphatic carbocycles. The Kier molecular flexibility index (Phi) is 2.89. The van der Waals surface area contributed by atoms with Crippen molar-refractivity contribution in [3.05, 3.63) is 46.2 Å². The van der Waals surface area contributed by atoms with Gasteiger partial charge in [-0.05, 0) is 42.0 Å². The molecule has 0 bridgehead atoms. The van der Waals surface area contributed by atoms with Crippen LogP contribution in [-0.2, 0) is 0 Å². The summed E-state index contributed by atoms with van der Waals surface area (Å²) < 4.78 is 0. The fourth-order valence-electron chi connectivity index (χ4n) is 1.65. The molecule has 1 aromatic carbocycles. The molecule has 0 aliphatic heterocycles. The highest BCUT2D eigenvalue weighted by molar-refractivity contribution is 7.10. The Morgan fingerprint density at radius 3 is 2.27 bits per heavy atom. The summed E-state index contributed by atoms with van der Waals surface area (Å²) >= 11 is 1.79. The van der Waals surface area contributed by atoms with Crippen molar-refractivity contribution in [3.8, 4) is 11.1 Å². The summed E-state index contributed by atoms with van der Waals surface area (Å²) in [5, 5.41) is 2.13. The van der Waals surface area contributed by atoms with Gasteiger partial charge in [0.15, 0.2) is 0 Å². The van der Waals surface area contributed by atoms with Gasteiger partial charge in [-0.1, -0.05) is 24.3 Å². The number of thiophene rings is 1. The van der Waals surface area contributed by atoms with Crippen molar-refractivity contribution in [1.29, 1.82) is 0 Å². The topological polar surface area (TPSA) is 26.0 Å². The van der Waals surface area contributed by atoms with E-state index in [2.05, 4.69) is 42.6 Å². The van der Waals surface area contributed by atoms with Gasteiger partial charge in [-0.3, -0.25) is 0 Å². The minimum absolute atomic E-state index is 0.114. The Balaban J connectivity index is 2.36. The summed E-state index contributed by atoms with van der Waals surface area (Å²) in [4.78, 5) is 1.36. The Morgan fingerprint density at radius 2 is 1.80 bits per heavy atom. The molecule has 1 aromatic heterocycles. The van der Waals surface area contributed by atoms with Gasteiger partial charge in [-0.25, -0.2) is 0 Å². The third kappa shape index (κ3) is 2.11. The Bertz CT molecular complexity index is 440. The number of rotatable bonds is 2. The first-order valence-corrected chi connectivity index (χ1v) is 5.96. The second-order valence-corrected chi connectivity index (χ2v) is 4.92. The van der Waals surface area contributed by atoms with Gasteiger partial charge in [-0.15, -0.1) is 11.3 Å². The summed E-state index contributed by atoms with van der Waals surface area (Å²) in [7, 11) is 0. The molecule has 0 spiro atoms. The molecule has 0 aliphatic rings. The number of benzene rings is 1. The van der Waals surface area contributed by atoms with Crippen LogP contribution >= 0.6 is 11.3 Å². The molecule has 0 radical (unpaired) electrons. The van der Waals surface area contributed by atoms with E-state index in [0.29, 0.717) is 0 Å². The molecule has 1 unspecified atom stereocenters. The summed E-state index contributed by atoms with van der Waals surface area (Å²) in [6, 6.07) is 10.8. The molecule has 0 fully saturated rings. The molecule has 2 heteroatoms. The Morgan fingerprint density at radius 1 is 1.13 bits per heavy atom. The van der Waals surface area contributed by atoms with Crippen LogP contribution in [0.4, 0.5) is 0 Å². The second-order valence-electron chi connectivity index (χ2n) is 3.80. The van der Waals surface area contributed by atoms with Crippen molar-refractivity contribution in [1.82, 2.24) is 0 Å². The molecule has 2 N–H and O–H groups in total. The maximum Gasteiger partial charge on any atom is 0.0266 e. The highest BCUT2D eigenvalue weighted by atomic mass is 32.1. The van der Waals surface area contributed by atoms with Crippen LogP contribution in [0.1, 0.15) is 23.4 Å². The minimum Gasteiger partial charge on any atom is -0.324 e. The fraction of sp³-hybridized carbons (Fsp3) is 0.231. The van der Waals surface area contributed by atoms with Crippen molar-refractivity contribution in [2.45, 2.75) is 19.9 Å². The molecule has 0 amide bonds. The van der Waals surface area contributed by atoms with Crippen molar-refractivity contribution < 1.29 is 0 Å². The smallest absolute Gasteiger partial charge is 0.0266 e. The van der Waals surface area contributed by atoms with E-state index in [1.165, 1.54) is 21.6 Å². The van der Waals surface area contributed by atoms with Gasteiger partial charge in [0.1, 0.15) is 0 Å². The van der Waals surface area contributed by atoms with Crippen LogP contribution in [0.5, 0.6) is 0 Å². The zero-order valence-corrected chi connectivity index (χ0v) is 9.84. The van der Waals surface area contributed by atoms with Crippen LogP contribution in [0.15, 0.2) is 35.7 Å². The zero-order valence-electron chi connectivity index (χ0n) is 9.03. The summed E-state index contributed by atoms with van der Waals surface area (Å²) in [6.45, 7) is 4.16. The van der Waals surface area contributed by atoms with Gasteiger partial charge >= 0.3 is 0 Å². The van der Waals surface area contributed by atoms with E-state index in [4.69, 9.17) is 5.73 Å². The van der Waals surface area contributed by atoms with Gasteiger partial charge in [0, 0.05) is 10.9 Å². The first-order valence-electron chi connectivity index (χ1n) is 5.08. The van der Waals surface area contributed by atoms with Gasteiger partial charge in [0.25, 0.3) is 0 Å². The molecule has 0 saturated heterocycles. The first-order chi connectivity index (χ1) is 7.18. The SMILES string of the molecule is Cc1sccc1-c1ccc(C(C)N)cc1. The van der Waals surface area contributed by atoms with E-state index in [9.17, 15) is 0 Å². The largest absolute Gasteiger partial charge is 0.324 e. The molecule has 1 nitrogen and oxygen atoms in total.